The number of piperazine rings is 1. The van der Waals surface area contributed by atoms with E-state index in [9.17, 15) is 0 Å². The average Bonchev–Trinajstić information content (AvgIpc) is 2.42. The van der Waals surface area contributed by atoms with Crippen LogP contribution in [-0.4, -0.2) is 58.5 Å². The molecule has 0 spiro atoms. The quantitative estimate of drug-likeness (QED) is 0.889. The van der Waals surface area contributed by atoms with Gasteiger partial charge in [-0.1, -0.05) is 6.92 Å². The van der Waals surface area contributed by atoms with Crippen LogP contribution in [0.4, 0.5) is 5.82 Å². The highest BCUT2D eigenvalue weighted by Gasteiger charge is 2.30. The molecule has 1 fully saturated rings. The van der Waals surface area contributed by atoms with E-state index < -0.39 is 0 Å². The molecule has 1 aliphatic heterocycles. The Bertz CT molecular complexity index is 415. The van der Waals surface area contributed by atoms with Crippen LogP contribution in [0, 0.1) is 0 Å². The van der Waals surface area contributed by atoms with E-state index in [0.29, 0.717) is 0 Å². The molecule has 0 radical (unpaired) electrons. The minimum absolute atomic E-state index is 0.230. The molecule has 0 saturated carbocycles. The number of hydrogen-bond donors (Lipinski definition) is 1. The maximum atomic E-state index is 4.51. The number of rotatable bonds is 5. The van der Waals surface area contributed by atoms with Crippen molar-refractivity contribution in [3.05, 3.63) is 18.1 Å². The number of anilines is 1. The molecule has 112 valence electrons. The van der Waals surface area contributed by atoms with Crippen LogP contribution in [0.1, 0.15) is 32.9 Å². The predicted octanol–water partition coefficient (Wildman–Crippen LogP) is 1.82. The van der Waals surface area contributed by atoms with E-state index in [1.54, 1.807) is 0 Å². The Morgan fingerprint density at radius 2 is 2.05 bits per heavy atom. The Labute approximate surface area is 122 Å². The second kappa shape index (κ2) is 6.50. The lowest BCUT2D eigenvalue weighted by Gasteiger charge is -2.45. The lowest BCUT2D eigenvalue weighted by Crippen LogP contribution is -2.57. The van der Waals surface area contributed by atoms with Gasteiger partial charge in [-0.15, -0.1) is 0 Å². The SMILES string of the molecule is CCCNc1cnc(CN2CCN(C)C(C)(C)C2)cn1. The summed E-state index contributed by atoms with van der Waals surface area (Å²) in [6.45, 7) is 11.8. The Balaban J connectivity index is 1.90. The van der Waals surface area contributed by atoms with Gasteiger partial charge in [-0.05, 0) is 27.3 Å². The largest absolute Gasteiger partial charge is 0.369 e. The van der Waals surface area contributed by atoms with Crippen LogP contribution in [0.5, 0.6) is 0 Å². The second-order valence-corrected chi connectivity index (χ2v) is 6.26. The summed E-state index contributed by atoms with van der Waals surface area (Å²) in [7, 11) is 2.20. The van der Waals surface area contributed by atoms with Gasteiger partial charge in [0.1, 0.15) is 5.82 Å². The molecule has 0 amide bonds. The number of hydrogen-bond acceptors (Lipinski definition) is 5. The molecule has 0 unspecified atom stereocenters. The fraction of sp³-hybridized carbons (Fsp3) is 0.733. The molecule has 5 heteroatoms. The highest BCUT2D eigenvalue weighted by molar-refractivity contribution is 5.30. The average molecular weight is 277 g/mol. The van der Waals surface area contributed by atoms with Crippen molar-refractivity contribution in [1.29, 1.82) is 0 Å². The summed E-state index contributed by atoms with van der Waals surface area (Å²) in [6.07, 6.45) is 4.83. The highest BCUT2D eigenvalue weighted by Crippen LogP contribution is 2.19. The Hall–Kier alpha value is -1.20. The number of likely N-dealkylation sites (N-methyl/N-ethyl adjacent to an activating group) is 1. The van der Waals surface area contributed by atoms with Crippen LogP contribution in [0.15, 0.2) is 12.4 Å². The molecule has 2 rings (SSSR count). The molecular formula is C15H27N5. The molecule has 1 aromatic rings. The number of nitrogens with zero attached hydrogens (tertiary/aromatic N) is 4. The van der Waals surface area contributed by atoms with Gasteiger partial charge in [0, 0.05) is 38.3 Å². The number of aromatic nitrogens is 2. The van der Waals surface area contributed by atoms with Gasteiger partial charge in [-0.25, -0.2) is 4.98 Å². The summed E-state index contributed by atoms with van der Waals surface area (Å²) < 4.78 is 0. The summed E-state index contributed by atoms with van der Waals surface area (Å²) in [5, 5.41) is 3.25. The lowest BCUT2D eigenvalue weighted by atomic mass is 10.00. The molecule has 1 saturated heterocycles. The first-order valence-corrected chi connectivity index (χ1v) is 7.49. The lowest BCUT2D eigenvalue weighted by molar-refractivity contribution is 0.0353. The Morgan fingerprint density at radius 1 is 1.25 bits per heavy atom. The van der Waals surface area contributed by atoms with Gasteiger partial charge < -0.3 is 5.32 Å². The molecular weight excluding hydrogens is 250 g/mol. The maximum Gasteiger partial charge on any atom is 0.144 e. The third kappa shape index (κ3) is 3.90. The maximum absolute atomic E-state index is 4.51. The van der Waals surface area contributed by atoms with E-state index in [1.165, 1.54) is 0 Å². The first-order chi connectivity index (χ1) is 9.51. The minimum atomic E-state index is 0.230. The number of nitrogens with one attached hydrogen (secondary N) is 1. The van der Waals surface area contributed by atoms with Gasteiger partial charge in [0.05, 0.1) is 18.1 Å². The van der Waals surface area contributed by atoms with Crippen molar-refractivity contribution in [2.75, 3.05) is 38.5 Å². The molecule has 0 aliphatic carbocycles. The molecule has 20 heavy (non-hydrogen) atoms. The summed E-state index contributed by atoms with van der Waals surface area (Å²) in [5.74, 6) is 0.870. The fourth-order valence-electron chi connectivity index (χ4n) is 2.49. The van der Waals surface area contributed by atoms with E-state index in [0.717, 1.165) is 50.7 Å². The molecule has 0 bridgehead atoms. The minimum Gasteiger partial charge on any atom is -0.369 e. The topological polar surface area (TPSA) is 44.3 Å². The van der Waals surface area contributed by atoms with E-state index in [4.69, 9.17) is 0 Å². The van der Waals surface area contributed by atoms with Gasteiger partial charge in [-0.3, -0.25) is 14.8 Å². The standard InChI is InChI=1S/C15H27N5/c1-5-6-16-14-10-17-13(9-18-14)11-20-8-7-19(4)15(2,3)12-20/h9-10H,5-8,11-12H2,1-4H3,(H,16,18). The zero-order valence-electron chi connectivity index (χ0n) is 13.2. The van der Waals surface area contributed by atoms with Crippen molar-refractivity contribution in [3.63, 3.8) is 0 Å². The van der Waals surface area contributed by atoms with Crippen molar-refractivity contribution < 1.29 is 0 Å². The van der Waals surface area contributed by atoms with Crippen LogP contribution in [0.25, 0.3) is 0 Å². The van der Waals surface area contributed by atoms with E-state index in [1.807, 2.05) is 12.4 Å². The van der Waals surface area contributed by atoms with Gasteiger partial charge >= 0.3 is 0 Å². The van der Waals surface area contributed by atoms with E-state index >= 15 is 0 Å². The third-order valence-electron chi connectivity index (χ3n) is 4.04. The first kappa shape index (κ1) is 15.2. The Kier molecular flexibility index (Phi) is 4.94. The predicted molar refractivity (Wildman–Crippen MR) is 82.8 cm³/mol. The molecule has 1 aliphatic rings. The van der Waals surface area contributed by atoms with Gasteiger partial charge in [0.25, 0.3) is 0 Å². The van der Waals surface area contributed by atoms with Crippen LogP contribution in [0.2, 0.25) is 0 Å². The molecule has 5 nitrogen and oxygen atoms in total. The van der Waals surface area contributed by atoms with Crippen molar-refractivity contribution in [2.24, 2.45) is 0 Å². The monoisotopic (exact) mass is 277 g/mol. The van der Waals surface area contributed by atoms with E-state index in [-0.39, 0.29) is 5.54 Å². The third-order valence-corrected chi connectivity index (χ3v) is 4.04. The zero-order valence-corrected chi connectivity index (χ0v) is 13.2. The normalized spacial score (nSPS) is 20.0. The molecule has 2 heterocycles. The summed E-state index contributed by atoms with van der Waals surface area (Å²) in [5.41, 5.74) is 1.28. The van der Waals surface area contributed by atoms with Crippen LogP contribution in [0.3, 0.4) is 0 Å². The van der Waals surface area contributed by atoms with Gasteiger partial charge in [-0.2, -0.15) is 0 Å². The van der Waals surface area contributed by atoms with Crippen LogP contribution >= 0.6 is 0 Å². The van der Waals surface area contributed by atoms with Crippen molar-refractivity contribution in [3.8, 4) is 0 Å². The molecule has 1 aromatic heterocycles. The summed E-state index contributed by atoms with van der Waals surface area (Å²) >= 11 is 0. The molecule has 0 atom stereocenters. The molecule has 0 aromatic carbocycles. The van der Waals surface area contributed by atoms with E-state index in [2.05, 4.69) is 52.9 Å². The summed E-state index contributed by atoms with van der Waals surface area (Å²) in [6, 6.07) is 0. The van der Waals surface area contributed by atoms with Gasteiger partial charge in [0.15, 0.2) is 0 Å². The van der Waals surface area contributed by atoms with Crippen molar-refractivity contribution in [1.82, 2.24) is 19.8 Å². The first-order valence-electron chi connectivity index (χ1n) is 7.49. The van der Waals surface area contributed by atoms with Gasteiger partial charge in [0.2, 0.25) is 0 Å². The van der Waals surface area contributed by atoms with Crippen LogP contribution < -0.4 is 5.32 Å². The van der Waals surface area contributed by atoms with Crippen LogP contribution in [-0.2, 0) is 6.54 Å². The summed E-state index contributed by atoms with van der Waals surface area (Å²) in [4.78, 5) is 13.8. The van der Waals surface area contributed by atoms with Crippen molar-refractivity contribution >= 4 is 5.82 Å². The Morgan fingerprint density at radius 3 is 2.65 bits per heavy atom. The fourth-order valence-corrected chi connectivity index (χ4v) is 2.49. The smallest absolute Gasteiger partial charge is 0.144 e. The zero-order chi connectivity index (χ0) is 14.6. The molecule has 1 N–H and O–H groups in total. The van der Waals surface area contributed by atoms with Crippen molar-refractivity contribution in [2.45, 2.75) is 39.3 Å². The highest BCUT2D eigenvalue weighted by atomic mass is 15.3. The second-order valence-electron chi connectivity index (χ2n) is 6.26.